The fraction of sp³-hybridized carbons (Fsp3) is 0.875. The molecule has 0 aromatic carbocycles. The Kier molecular flexibility index (Phi) is 5.39. The molecule has 0 aliphatic carbocycles. The third-order valence-corrected chi connectivity index (χ3v) is 4.02. The van der Waals surface area contributed by atoms with Gasteiger partial charge in [-0.2, -0.15) is 40.4 Å². The summed E-state index contributed by atoms with van der Waals surface area (Å²) >= 11 is 0. The molecule has 0 saturated carbocycles. The Morgan fingerprint density at radius 2 is 1.45 bits per heavy atom. The molecule has 0 aliphatic rings. The molecule has 12 heteroatoms. The van der Waals surface area contributed by atoms with Crippen LogP contribution in [0.15, 0.2) is 0 Å². The number of sulfone groups is 1. The lowest BCUT2D eigenvalue weighted by Crippen LogP contribution is -2.41. The van der Waals surface area contributed by atoms with Crippen LogP contribution in [0.2, 0.25) is 0 Å². The van der Waals surface area contributed by atoms with Gasteiger partial charge in [-0.3, -0.25) is 0 Å². The SMILES string of the molecule is N#CC(CC(F)(F)C(F)(F)F)S(=O)(=O)CCC(F)(F)F. The number of nitriles is 1. The summed E-state index contributed by atoms with van der Waals surface area (Å²) in [5, 5.41) is 5.44. The largest absolute Gasteiger partial charge is 0.453 e. The lowest BCUT2D eigenvalue weighted by Gasteiger charge is -2.21. The fourth-order valence-corrected chi connectivity index (χ4v) is 2.43. The maximum absolute atomic E-state index is 12.6. The second-order valence-electron chi connectivity index (χ2n) is 3.76. The first kappa shape index (κ1) is 18.9. The van der Waals surface area contributed by atoms with Crippen LogP contribution in [-0.4, -0.2) is 37.7 Å². The van der Waals surface area contributed by atoms with E-state index in [1.807, 2.05) is 0 Å². The van der Waals surface area contributed by atoms with Gasteiger partial charge in [-0.1, -0.05) is 0 Å². The van der Waals surface area contributed by atoms with E-state index in [2.05, 4.69) is 0 Å². The zero-order valence-corrected chi connectivity index (χ0v) is 10.2. The van der Waals surface area contributed by atoms with Crippen molar-refractivity contribution in [1.82, 2.24) is 0 Å². The van der Waals surface area contributed by atoms with Crippen LogP contribution in [0.3, 0.4) is 0 Å². The number of hydrogen-bond acceptors (Lipinski definition) is 3. The van der Waals surface area contributed by atoms with E-state index in [1.54, 1.807) is 0 Å². The van der Waals surface area contributed by atoms with E-state index in [9.17, 15) is 43.5 Å². The maximum Gasteiger partial charge on any atom is 0.453 e. The van der Waals surface area contributed by atoms with Gasteiger partial charge in [0.05, 0.1) is 24.7 Å². The van der Waals surface area contributed by atoms with Gasteiger partial charge in [-0.15, -0.1) is 0 Å². The molecule has 0 aromatic rings. The second-order valence-corrected chi connectivity index (χ2v) is 6.06. The predicted molar refractivity (Wildman–Crippen MR) is 49.5 cm³/mol. The summed E-state index contributed by atoms with van der Waals surface area (Å²) in [5.74, 6) is -7.22. The lowest BCUT2D eigenvalue weighted by molar-refractivity contribution is -0.283. The molecule has 0 heterocycles. The topological polar surface area (TPSA) is 57.9 Å². The van der Waals surface area contributed by atoms with Crippen molar-refractivity contribution in [3.8, 4) is 6.07 Å². The normalized spacial score (nSPS) is 15.8. The minimum Gasteiger partial charge on any atom is -0.227 e. The van der Waals surface area contributed by atoms with Crippen molar-refractivity contribution < 1.29 is 43.5 Å². The van der Waals surface area contributed by atoms with Crippen LogP contribution in [0, 0.1) is 11.3 Å². The minimum absolute atomic E-state index is 0.671. The Hall–Kier alpha value is -1.12. The van der Waals surface area contributed by atoms with E-state index in [1.165, 1.54) is 0 Å². The van der Waals surface area contributed by atoms with Crippen molar-refractivity contribution in [2.45, 2.75) is 36.4 Å². The van der Waals surface area contributed by atoms with Crippen LogP contribution < -0.4 is 0 Å². The van der Waals surface area contributed by atoms with Crippen molar-refractivity contribution >= 4 is 9.84 Å². The predicted octanol–water partition coefficient (Wildman–Crippen LogP) is 2.83. The molecule has 0 amide bonds. The average molecular weight is 333 g/mol. The van der Waals surface area contributed by atoms with Crippen molar-refractivity contribution in [2.24, 2.45) is 0 Å². The van der Waals surface area contributed by atoms with Gasteiger partial charge in [-0.05, 0) is 0 Å². The number of rotatable bonds is 5. The average Bonchev–Trinajstić information content (AvgIpc) is 2.20. The highest BCUT2D eigenvalue weighted by Gasteiger charge is 2.59. The van der Waals surface area contributed by atoms with Gasteiger partial charge in [-0.25, -0.2) is 8.42 Å². The molecule has 0 aliphatic heterocycles. The van der Waals surface area contributed by atoms with Crippen LogP contribution in [0.25, 0.3) is 0 Å². The first-order chi connectivity index (χ1) is 8.62. The summed E-state index contributed by atoms with van der Waals surface area (Å²) in [4.78, 5) is 0. The summed E-state index contributed by atoms with van der Waals surface area (Å²) in [5.41, 5.74) is 0. The van der Waals surface area contributed by atoms with Gasteiger partial charge in [0.1, 0.15) is 0 Å². The summed E-state index contributed by atoms with van der Waals surface area (Å²) in [6, 6.07) is 0.671. The maximum atomic E-state index is 12.6. The van der Waals surface area contributed by atoms with Crippen LogP contribution in [0.1, 0.15) is 12.8 Å². The molecule has 0 saturated heterocycles. The molecule has 0 aromatic heterocycles. The van der Waals surface area contributed by atoms with E-state index in [0.29, 0.717) is 6.07 Å². The van der Waals surface area contributed by atoms with Crippen molar-refractivity contribution in [3.05, 3.63) is 0 Å². The van der Waals surface area contributed by atoms with Crippen LogP contribution in [0.4, 0.5) is 35.1 Å². The van der Waals surface area contributed by atoms with Gasteiger partial charge < -0.3 is 0 Å². The van der Waals surface area contributed by atoms with Crippen molar-refractivity contribution in [1.29, 1.82) is 5.26 Å². The number of hydrogen-bond donors (Lipinski definition) is 0. The van der Waals surface area contributed by atoms with Gasteiger partial charge in [0.25, 0.3) is 0 Å². The van der Waals surface area contributed by atoms with Gasteiger partial charge in [0, 0.05) is 0 Å². The zero-order chi connectivity index (χ0) is 16.4. The summed E-state index contributed by atoms with van der Waals surface area (Å²) in [7, 11) is -5.06. The van der Waals surface area contributed by atoms with E-state index in [0.717, 1.165) is 0 Å². The first-order valence-corrected chi connectivity index (χ1v) is 6.46. The molecule has 0 rings (SSSR count). The number of nitrogens with zero attached hydrogens (tertiary/aromatic N) is 1. The quantitative estimate of drug-likeness (QED) is 0.727. The van der Waals surface area contributed by atoms with Crippen molar-refractivity contribution in [2.75, 3.05) is 5.75 Å². The van der Waals surface area contributed by atoms with E-state index < -0.39 is 52.0 Å². The highest BCUT2D eigenvalue weighted by molar-refractivity contribution is 7.92. The number of alkyl halides is 8. The fourth-order valence-electron chi connectivity index (χ4n) is 1.00. The van der Waals surface area contributed by atoms with E-state index in [-0.39, 0.29) is 0 Å². The molecule has 118 valence electrons. The standard InChI is InChI=1S/C8H7F8NO2S/c9-6(10,8(14,15)16)3-5(4-17)20(18,19)2-1-7(11,12)13/h5H,1-3H2. The second kappa shape index (κ2) is 5.71. The molecule has 1 atom stereocenters. The molecule has 0 fully saturated rings. The number of halogens is 8. The first-order valence-electron chi connectivity index (χ1n) is 4.75. The zero-order valence-electron chi connectivity index (χ0n) is 9.39. The molecular formula is C8H7F8NO2S. The monoisotopic (exact) mass is 333 g/mol. The van der Waals surface area contributed by atoms with E-state index in [4.69, 9.17) is 5.26 Å². The molecule has 0 bridgehead atoms. The van der Waals surface area contributed by atoms with Gasteiger partial charge >= 0.3 is 18.3 Å². The highest BCUT2D eigenvalue weighted by Crippen LogP contribution is 2.40. The van der Waals surface area contributed by atoms with Gasteiger partial charge in [0.2, 0.25) is 0 Å². The Labute approximate surface area is 108 Å². The van der Waals surface area contributed by atoms with E-state index >= 15 is 0 Å². The summed E-state index contributed by atoms with van der Waals surface area (Å²) in [6.07, 6.45) is -15.4. The van der Waals surface area contributed by atoms with Crippen LogP contribution in [-0.2, 0) is 9.84 Å². The third kappa shape index (κ3) is 5.48. The molecule has 0 spiro atoms. The summed E-state index contributed by atoms with van der Waals surface area (Å²) in [6.45, 7) is 0. The molecule has 3 nitrogen and oxygen atoms in total. The molecule has 0 radical (unpaired) electrons. The molecular weight excluding hydrogens is 326 g/mol. The Balaban J connectivity index is 5.08. The Bertz CT molecular complexity index is 472. The Morgan fingerprint density at radius 3 is 1.75 bits per heavy atom. The third-order valence-electron chi connectivity index (χ3n) is 2.10. The lowest BCUT2D eigenvalue weighted by atomic mass is 10.2. The Morgan fingerprint density at radius 1 is 1.00 bits per heavy atom. The molecule has 1 unspecified atom stereocenters. The van der Waals surface area contributed by atoms with Crippen LogP contribution in [0.5, 0.6) is 0 Å². The molecule has 20 heavy (non-hydrogen) atoms. The van der Waals surface area contributed by atoms with Crippen molar-refractivity contribution in [3.63, 3.8) is 0 Å². The summed E-state index contributed by atoms with van der Waals surface area (Å²) < 4.78 is 119. The highest BCUT2D eigenvalue weighted by atomic mass is 32.2. The molecule has 0 N–H and O–H groups in total. The van der Waals surface area contributed by atoms with Gasteiger partial charge in [0.15, 0.2) is 15.1 Å². The van der Waals surface area contributed by atoms with Crippen LogP contribution >= 0.6 is 0 Å². The smallest absolute Gasteiger partial charge is 0.227 e. The minimum atomic E-state index is -6.10.